The fraction of sp³-hybridized carbons (Fsp3) is 0.483. The van der Waals surface area contributed by atoms with Crippen molar-refractivity contribution >= 4 is 24.0 Å². The fourth-order valence-corrected chi connectivity index (χ4v) is 4.28. The molecule has 3 rings (SSSR count). The molecule has 0 aliphatic carbocycles. The standard InChI is InChI=1S/C29H36N2O10/c1-17(2)14-38-25-18(3)39-28(34)22(16-37-15-21(25)13-20-9-7-6-8-10-20)31-27(33)24-26(23(36-5)11-12-30-24)41-29(35)40-19(4)32/h6-12,17-18,21-22,25H,13-16H2,1-5H3,(H,31,33)/t18-,21-,22-,25-/m0/s1. The Labute approximate surface area is 238 Å². The van der Waals surface area contributed by atoms with Gasteiger partial charge in [0.25, 0.3) is 5.91 Å². The van der Waals surface area contributed by atoms with Crippen molar-refractivity contribution in [3.05, 3.63) is 53.9 Å². The molecule has 0 spiro atoms. The molecule has 2 aromatic rings. The second-order valence-corrected chi connectivity index (χ2v) is 9.98. The topological polar surface area (TPSA) is 149 Å². The molecule has 1 N–H and O–H groups in total. The number of hydrogen-bond donors (Lipinski definition) is 1. The quantitative estimate of drug-likeness (QED) is 0.349. The number of cyclic esters (lactones) is 1. The van der Waals surface area contributed by atoms with E-state index in [1.54, 1.807) is 6.92 Å². The number of benzene rings is 1. The van der Waals surface area contributed by atoms with Crippen LogP contribution in [0.15, 0.2) is 42.6 Å². The molecule has 12 heteroatoms. The normalized spacial score (nSPS) is 21.1. The number of pyridine rings is 1. The van der Waals surface area contributed by atoms with Crippen LogP contribution in [0.25, 0.3) is 0 Å². The molecule has 1 fully saturated rings. The second-order valence-electron chi connectivity index (χ2n) is 9.98. The molecule has 12 nitrogen and oxygen atoms in total. The summed E-state index contributed by atoms with van der Waals surface area (Å²) in [6.07, 6.45) is -0.599. The SMILES string of the molecule is COc1ccnc(C(=O)N[C@H]2COC[C@H](Cc3ccccc3)[C@@H](OCC(C)C)[C@H](C)OC2=O)c1OC(=O)OC(C)=O. The van der Waals surface area contributed by atoms with E-state index in [1.165, 1.54) is 19.4 Å². The van der Waals surface area contributed by atoms with Crippen molar-refractivity contribution in [2.45, 2.75) is 52.4 Å². The molecule has 0 unspecified atom stereocenters. The molecule has 0 saturated carbocycles. The van der Waals surface area contributed by atoms with Crippen molar-refractivity contribution in [3.8, 4) is 11.5 Å². The van der Waals surface area contributed by atoms with E-state index in [-0.39, 0.29) is 36.5 Å². The van der Waals surface area contributed by atoms with Crippen LogP contribution >= 0.6 is 0 Å². The van der Waals surface area contributed by atoms with Gasteiger partial charge in [0.05, 0.1) is 26.4 Å². The van der Waals surface area contributed by atoms with Crippen LogP contribution in [0.1, 0.15) is 43.7 Å². The van der Waals surface area contributed by atoms with Crippen LogP contribution in [-0.2, 0) is 35.0 Å². The van der Waals surface area contributed by atoms with Crippen LogP contribution in [0.2, 0.25) is 0 Å². The predicted molar refractivity (Wildman–Crippen MR) is 144 cm³/mol. The molecule has 1 aliphatic heterocycles. The van der Waals surface area contributed by atoms with E-state index >= 15 is 0 Å². The van der Waals surface area contributed by atoms with Gasteiger partial charge in [-0.25, -0.2) is 14.6 Å². The minimum Gasteiger partial charge on any atom is -0.493 e. The van der Waals surface area contributed by atoms with Crippen molar-refractivity contribution in [1.82, 2.24) is 10.3 Å². The lowest BCUT2D eigenvalue weighted by Gasteiger charge is -2.31. The zero-order chi connectivity index (χ0) is 29.9. The van der Waals surface area contributed by atoms with Gasteiger partial charge in [-0.3, -0.25) is 9.59 Å². The van der Waals surface area contributed by atoms with Crippen LogP contribution in [0.5, 0.6) is 11.5 Å². The average Bonchev–Trinajstić information content (AvgIpc) is 2.96. The Hall–Kier alpha value is -4.03. The van der Waals surface area contributed by atoms with Gasteiger partial charge in [-0.1, -0.05) is 44.2 Å². The molecule has 4 atom stereocenters. The third-order valence-electron chi connectivity index (χ3n) is 6.11. The maximum Gasteiger partial charge on any atom is 0.521 e. The maximum absolute atomic E-state index is 13.2. The first-order valence-electron chi connectivity index (χ1n) is 13.3. The highest BCUT2D eigenvalue weighted by atomic mass is 16.7. The molecule has 2 heterocycles. The van der Waals surface area contributed by atoms with Gasteiger partial charge >= 0.3 is 18.1 Å². The second kappa shape index (κ2) is 15.1. The molecule has 1 aromatic heterocycles. The number of aromatic nitrogens is 1. The summed E-state index contributed by atoms with van der Waals surface area (Å²) in [4.78, 5) is 53.5. The van der Waals surface area contributed by atoms with Crippen molar-refractivity contribution < 1.29 is 47.6 Å². The summed E-state index contributed by atoms with van der Waals surface area (Å²) < 4.78 is 32.5. The van der Waals surface area contributed by atoms with Crippen molar-refractivity contribution in [3.63, 3.8) is 0 Å². The average molecular weight is 573 g/mol. The van der Waals surface area contributed by atoms with E-state index in [0.717, 1.165) is 12.5 Å². The van der Waals surface area contributed by atoms with Gasteiger partial charge in [-0.15, -0.1) is 0 Å². The maximum atomic E-state index is 13.2. The molecule has 222 valence electrons. The third kappa shape index (κ3) is 9.25. The van der Waals surface area contributed by atoms with Gasteiger partial charge in [-0.05, 0) is 24.8 Å². The number of carbonyl (C=O) groups is 4. The predicted octanol–water partition coefficient (Wildman–Crippen LogP) is 3.11. The number of rotatable bonds is 9. The van der Waals surface area contributed by atoms with E-state index in [0.29, 0.717) is 13.0 Å². The largest absolute Gasteiger partial charge is 0.521 e. The zero-order valence-electron chi connectivity index (χ0n) is 23.8. The molecule has 0 bridgehead atoms. The van der Waals surface area contributed by atoms with Crippen LogP contribution in [0.3, 0.4) is 0 Å². The van der Waals surface area contributed by atoms with Crippen molar-refractivity contribution in [1.29, 1.82) is 0 Å². The van der Waals surface area contributed by atoms with Gasteiger partial charge < -0.3 is 33.7 Å². The van der Waals surface area contributed by atoms with E-state index < -0.39 is 48.0 Å². The van der Waals surface area contributed by atoms with Gasteiger partial charge in [0.2, 0.25) is 5.75 Å². The molecule has 1 aliphatic rings. The summed E-state index contributed by atoms with van der Waals surface area (Å²) in [6, 6.07) is 10.0. The monoisotopic (exact) mass is 572 g/mol. The Bertz CT molecular complexity index is 1200. The first-order chi connectivity index (χ1) is 19.6. The number of nitrogens with one attached hydrogen (secondary N) is 1. The Balaban J connectivity index is 1.81. The minimum atomic E-state index is -1.38. The van der Waals surface area contributed by atoms with Crippen molar-refractivity contribution in [2.75, 3.05) is 26.9 Å². The first kappa shape index (κ1) is 31.5. The number of esters is 2. The molecular weight excluding hydrogens is 536 g/mol. The highest BCUT2D eigenvalue weighted by Crippen LogP contribution is 2.30. The number of ether oxygens (including phenoxy) is 6. The van der Waals surface area contributed by atoms with Crippen LogP contribution in [-0.4, -0.2) is 74.2 Å². The summed E-state index contributed by atoms with van der Waals surface area (Å²) in [5.74, 6) is -2.82. The number of methoxy groups -OCH3 is 1. The van der Waals surface area contributed by atoms with Gasteiger partial charge in [0, 0.05) is 31.7 Å². The Morgan fingerprint density at radius 1 is 1.12 bits per heavy atom. The molecule has 1 amide bonds. The lowest BCUT2D eigenvalue weighted by molar-refractivity contribution is -0.161. The Kier molecular flexibility index (Phi) is 11.6. The van der Waals surface area contributed by atoms with Crippen LogP contribution < -0.4 is 14.8 Å². The molecule has 41 heavy (non-hydrogen) atoms. The summed E-state index contributed by atoms with van der Waals surface area (Å²) in [6.45, 7) is 7.35. The summed E-state index contributed by atoms with van der Waals surface area (Å²) in [5.41, 5.74) is 0.701. The minimum absolute atomic E-state index is 0.0264. The number of amides is 1. The highest BCUT2D eigenvalue weighted by molar-refractivity contribution is 5.98. The van der Waals surface area contributed by atoms with Gasteiger partial charge in [-0.2, -0.15) is 0 Å². The third-order valence-corrected chi connectivity index (χ3v) is 6.11. The van der Waals surface area contributed by atoms with Gasteiger partial charge in [0.15, 0.2) is 17.5 Å². The number of nitrogens with zero attached hydrogens (tertiary/aromatic N) is 1. The highest BCUT2D eigenvalue weighted by Gasteiger charge is 2.36. The molecule has 1 aromatic carbocycles. The fourth-order valence-electron chi connectivity index (χ4n) is 4.28. The zero-order valence-corrected chi connectivity index (χ0v) is 23.8. The van der Waals surface area contributed by atoms with E-state index in [4.69, 9.17) is 23.7 Å². The van der Waals surface area contributed by atoms with E-state index in [2.05, 4.69) is 15.0 Å². The van der Waals surface area contributed by atoms with Crippen LogP contribution in [0.4, 0.5) is 4.79 Å². The smallest absolute Gasteiger partial charge is 0.493 e. The number of carbonyl (C=O) groups excluding carboxylic acids is 4. The summed E-state index contributed by atoms with van der Waals surface area (Å²) in [7, 11) is 1.29. The molecule has 1 saturated heterocycles. The first-order valence-corrected chi connectivity index (χ1v) is 13.3. The van der Waals surface area contributed by atoms with Gasteiger partial charge in [0.1, 0.15) is 6.10 Å². The molecule has 0 radical (unpaired) electrons. The lowest BCUT2D eigenvalue weighted by Crippen LogP contribution is -2.46. The summed E-state index contributed by atoms with van der Waals surface area (Å²) in [5, 5.41) is 2.54. The lowest BCUT2D eigenvalue weighted by atomic mass is 9.91. The molecular formula is C29H36N2O10. The van der Waals surface area contributed by atoms with E-state index in [9.17, 15) is 19.2 Å². The number of hydrogen-bond acceptors (Lipinski definition) is 11. The Morgan fingerprint density at radius 3 is 2.51 bits per heavy atom. The van der Waals surface area contributed by atoms with Crippen LogP contribution in [0, 0.1) is 11.8 Å². The van der Waals surface area contributed by atoms with Crippen molar-refractivity contribution in [2.24, 2.45) is 11.8 Å². The Morgan fingerprint density at radius 2 is 1.85 bits per heavy atom. The van der Waals surface area contributed by atoms with E-state index in [1.807, 2.05) is 44.2 Å². The summed E-state index contributed by atoms with van der Waals surface area (Å²) >= 11 is 0.